The van der Waals surface area contributed by atoms with Gasteiger partial charge in [-0.25, -0.2) is 13.6 Å². The van der Waals surface area contributed by atoms with Crippen molar-refractivity contribution in [3.05, 3.63) is 59.2 Å². The molecular weight excluding hydrogens is 479 g/mol. The summed E-state index contributed by atoms with van der Waals surface area (Å²) in [5.41, 5.74) is 2.92. The third-order valence-corrected chi connectivity index (χ3v) is 4.71. The molecule has 2 aromatic rings. The van der Waals surface area contributed by atoms with Gasteiger partial charge in [0.25, 0.3) is 0 Å². The van der Waals surface area contributed by atoms with Crippen molar-refractivity contribution in [2.45, 2.75) is 24.9 Å². The molecule has 0 aliphatic rings. The maximum atomic E-state index is 11.4. The summed E-state index contributed by atoms with van der Waals surface area (Å²) in [6.07, 6.45) is 0. The molecule has 27 heavy (non-hydrogen) atoms. The Hall–Kier alpha value is -1.85. The lowest BCUT2D eigenvalue weighted by Gasteiger charge is -2.14. The summed E-state index contributed by atoms with van der Waals surface area (Å²) in [6, 6.07) is 12.5. The van der Waals surface area contributed by atoms with Gasteiger partial charge in [0.1, 0.15) is 5.75 Å². The minimum absolute atomic E-state index is 0. The van der Waals surface area contributed by atoms with Gasteiger partial charge in [-0.15, -0.1) is 24.0 Å². The molecule has 0 aromatic heterocycles. The van der Waals surface area contributed by atoms with E-state index in [1.54, 1.807) is 26.3 Å². The second-order valence-corrected chi connectivity index (χ2v) is 7.35. The quantitative estimate of drug-likeness (QED) is 0.318. The van der Waals surface area contributed by atoms with Crippen LogP contribution in [0.2, 0.25) is 0 Å². The molecule has 2 rings (SSSR count). The number of nitrogens with one attached hydrogen (secondary N) is 2. The van der Waals surface area contributed by atoms with Crippen molar-refractivity contribution in [1.82, 2.24) is 10.6 Å². The van der Waals surface area contributed by atoms with E-state index >= 15 is 0 Å². The lowest BCUT2D eigenvalue weighted by molar-refractivity contribution is 0.408. The summed E-state index contributed by atoms with van der Waals surface area (Å²) in [4.78, 5) is 4.26. The van der Waals surface area contributed by atoms with E-state index in [-0.39, 0.29) is 28.9 Å². The van der Waals surface area contributed by atoms with Gasteiger partial charge in [-0.05, 0) is 36.2 Å². The third-order valence-electron chi connectivity index (χ3n) is 3.80. The zero-order chi connectivity index (χ0) is 19.2. The zero-order valence-electron chi connectivity index (χ0n) is 15.5. The van der Waals surface area contributed by atoms with Gasteiger partial charge in [0.15, 0.2) is 5.96 Å². The van der Waals surface area contributed by atoms with Gasteiger partial charge in [-0.2, -0.15) is 0 Å². The van der Waals surface area contributed by atoms with E-state index in [2.05, 4.69) is 15.6 Å². The maximum Gasteiger partial charge on any atom is 0.238 e. The lowest BCUT2D eigenvalue weighted by atomic mass is 10.1. The smallest absolute Gasteiger partial charge is 0.238 e. The van der Waals surface area contributed by atoms with Crippen LogP contribution in [0.5, 0.6) is 5.75 Å². The number of nitrogens with two attached hydrogens (primary N) is 1. The molecule has 0 aliphatic carbocycles. The molecule has 0 radical (unpaired) electrons. The number of hydrogen-bond acceptors (Lipinski definition) is 4. The number of primary sulfonamides is 1. The van der Waals surface area contributed by atoms with Crippen LogP contribution in [0.1, 0.15) is 16.7 Å². The van der Waals surface area contributed by atoms with Crippen LogP contribution in [-0.2, 0) is 23.1 Å². The number of benzene rings is 2. The number of nitrogens with zero attached hydrogens (tertiary/aromatic N) is 1. The van der Waals surface area contributed by atoms with Crippen LogP contribution in [0, 0.1) is 6.92 Å². The molecule has 0 unspecified atom stereocenters. The highest BCUT2D eigenvalue weighted by molar-refractivity contribution is 14.0. The van der Waals surface area contributed by atoms with Crippen molar-refractivity contribution in [3.63, 3.8) is 0 Å². The highest BCUT2D eigenvalue weighted by Crippen LogP contribution is 2.19. The summed E-state index contributed by atoms with van der Waals surface area (Å²) in [7, 11) is -0.403. The van der Waals surface area contributed by atoms with Crippen molar-refractivity contribution in [1.29, 1.82) is 0 Å². The molecule has 9 heteroatoms. The predicted molar refractivity (Wildman–Crippen MR) is 118 cm³/mol. The van der Waals surface area contributed by atoms with Crippen LogP contribution in [0.4, 0.5) is 0 Å². The summed E-state index contributed by atoms with van der Waals surface area (Å²) in [6.45, 7) is 2.96. The molecule has 148 valence electrons. The summed E-state index contributed by atoms with van der Waals surface area (Å²) in [5.74, 6) is 1.41. The van der Waals surface area contributed by atoms with Crippen molar-refractivity contribution < 1.29 is 13.2 Å². The summed E-state index contributed by atoms with van der Waals surface area (Å²) < 4.78 is 28.3. The Bertz CT molecular complexity index is 901. The first kappa shape index (κ1) is 23.2. The lowest BCUT2D eigenvalue weighted by Crippen LogP contribution is -2.36. The van der Waals surface area contributed by atoms with E-state index in [0.717, 1.165) is 22.4 Å². The Morgan fingerprint density at radius 1 is 1.15 bits per heavy atom. The predicted octanol–water partition coefficient (Wildman–Crippen LogP) is 2.13. The van der Waals surface area contributed by atoms with Gasteiger partial charge in [-0.3, -0.25) is 4.99 Å². The Morgan fingerprint density at radius 3 is 2.48 bits per heavy atom. The van der Waals surface area contributed by atoms with Crippen LogP contribution in [0.15, 0.2) is 52.4 Å². The number of halogens is 1. The monoisotopic (exact) mass is 504 g/mol. The van der Waals surface area contributed by atoms with E-state index in [1.165, 1.54) is 6.07 Å². The number of aryl methyl sites for hydroxylation is 1. The zero-order valence-corrected chi connectivity index (χ0v) is 18.7. The molecule has 0 fully saturated rings. The molecule has 0 aliphatic heterocycles. The molecule has 0 bridgehead atoms. The van der Waals surface area contributed by atoms with E-state index in [9.17, 15) is 8.42 Å². The van der Waals surface area contributed by atoms with Crippen LogP contribution in [0.25, 0.3) is 0 Å². The maximum absolute atomic E-state index is 11.4. The highest BCUT2D eigenvalue weighted by atomic mass is 127. The largest absolute Gasteiger partial charge is 0.496 e. The van der Waals surface area contributed by atoms with Crippen molar-refractivity contribution >= 4 is 40.0 Å². The minimum atomic E-state index is -3.71. The number of ether oxygens (including phenoxy) is 1. The number of rotatable bonds is 6. The van der Waals surface area contributed by atoms with Crippen LogP contribution in [0.3, 0.4) is 0 Å². The van der Waals surface area contributed by atoms with Gasteiger partial charge < -0.3 is 15.4 Å². The number of sulfonamides is 1. The van der Waals surface area contributed by atoms with E-state index in [1.807, 2.05) is 31.2 Å². The average Bonchev–Trinajstić information content (AvgIpc) is 2.62. The van der Waals surface area contributed by atoms with Gasteiger partial charge in [0.05, 0.1) is 12.0 Å². The molecule has 0 heterocycles. The fraction of sp³-hybridized carbons (Fsp3) is 0.278. The fourth-order valence-electron chi connectivity index (χ4n) is 2.42. The van der Waals surface area contributed by atoms with Crippen molar-refractivity contribution in [2.24, 2.45) is 10.1 Å². The van der Waals surface area contributed by atoms with Gasteiger partial charge in [0, 0.05) is 25.7 Å². The first-order valence-electron chi connectivity index (χ1n) is 8.03. The molecule has 0 saturated carbocycles. The van der Waals surface area contributed by atoms with Gasteiger partial charge >= 0.3 is 0 Å². The average molecular weight is 504 g/mol. The van der Waals surface area contributed by atoms with Crippen molar-refractivity contribution in [2.75, 3.05) is 14.2 Å². The Balaban J connectivity index is 0.00000364. The Morgan fingerprint density at radius 2 is 1.85 bits per heavy atom. The molecule has 7 nitrogen and oxygen atoms in total. The minimum Gasteiger partial charge on any atom is -0.496 e. The number of hydrogen-bond donors (Lipinski definition) is 3. The Kier molecular flexibility index (Phi) is 9.00. The molecule has 0 spiro atoms. The van der Waals surface area contributed by atoms with E-state index < -0.39 is 10.0 Å². The fourth-order valence-corrected chi connectivity index (χ4v) is 3.00. The standard InChI is InChI=1S/C18H24N4O3S.HI/c1-13-7-8-15(17(9-13)25-3)12-22-18(20-2)21-11-14-5-4-6-16(10-14)26(19,23)24;/h4-10H,11-12H2,1-3H3,(H2,19,23,24)(H2,20,21,22);1H. The van der Waals surface area contributed by atoms with Crippen LogP contribution >= 0.6 is 24.0 Å². The number of methoxy groups -OCH3 is 1. The molecular formula is C18H25IN4O3S. The second kappa shape index (κ2) is 10.5. The number of guanidine groups is 1. The third kappa shape index (κ3) is 7.00. The summed E-state index contributed by atoms with van der Waals surface area (Å²) >= 11 is 0. The van der Waals surface area contributed by atoms with E-state index in [0.29, 0.717) is 19.0 Å². The molecule has 0 saturated heterocycles. The molecule has 4 N–H and O–H groups in total. The second-order valence-electron chi connectivity index (χ2n) is 5.79. The molecule has 0 atom stereocenters. The Labute approximate surface area is 177 Å². The highest BCUT2D eigenvalue weighted by Gasteiger charge is 2.08. The first-order valence-corrected chi connectivity index (χ1v) is 9.58. The van der Waals surface area contributed by atoms with Crippen LogP contribution in [-0.4, -0.2) is 28.5 Å². The summed E-state index contributed by atoms with van der Waals surface area (Å²) in [5, 5.41) is 11.5. The molecule has 2 aromatic carbocycles. The first-order chi connectivity index (χ1) is 12.3. The number of aliphatic imine (C=N–C) groups is 1. The van der Waals surface area contributed by atoms with Gasteiger partial charge in [0.2, 0.25) is 10.0 Å². The van der Waals surface area contributed by atoms with E-state index in [4.69, 9.17) is 9.88 Å². The topological polar surface area (TPSA) is 106 Å². The SMILES string of the molecule is CN=C(NCc1cccc(S(N)(=O)=O)c1)NCc1ccc(C)cc1OC.I. The normalized spacial score (nSPS) is 11.5. The molecule has 0 amide bonds. The van der Waals surface area contributed by atoms with Crippen molar-refractivity contribution in [3.8, 4) is 5.75 Å². The van der Waals surface area contributed by atoms with Gasteiger partial charge in [-0.1, -0.05) is 24.3 Å². The van der Waals surface area contributed by atoms with Crippen LogP contribution < -0.4 is 20.5 Å².